The third-order valence-corrected chi connectivity index (χ3v) is 7.18. The Balaban J connectivity index is 1.74. The molecule has 2 fully saturated rings. The molecule has 2 aliphatic rings. The van der Waals surface area contributed by atoms with E-state index in [4.69, 9.17) is 9.47 Å². The van der Waals surface area contributed by atoms with Gasteiger partial charge in [0.2, 0.25) is 17.7 Å². The van der Waals surface area contributed by atoms with Gasteiger partial charge < -0.3 is 25.4 Å². The molecule has 3 amide bonds. The van der Waals surface area contributed by atoms with Crippen LogP contribution in [0.2, 0.25) is 0 Å². The van der Waals surface area contributed by atoms with Gasteiger partial charge in [0.1, 0.15) is 17.7 Å². The van der Waals surface area contributed by atoms with Gasteiger partial charge in [0.25, 0.3) is 0 Å². The molecule has 0 aromatic heterocycles. The SMILES string of the molecule is CC(C)CC(NC(=O)CN1CCOCC1)C(=O)NC(Cc1ccccc1)C(=O)NC(CC(C)C)C(=O)C1(C)CO1. The van der Waals surface area contributed by atoms with E-state index in [0.29, 0.717) is 45.8 Å². The zero-order valence-electron chi connectivity index (χ0n) is 24.5. The summed E-state index contributed by atoms with van der Waals surface area (Å²) in [5, 5.41) is 8.68. The van der Waals surface area contributed by atoms with Crippen LogP contribution >= 0.6 is 0 Å². The van der Waals surface area contributed by atoms with Crippen molar-refractivity contribution in [2.24, 2.45) is 11.8 Å². The van der Waals surface area contributed by atoms with E-state index in [0.717, 1.165) is 5.56 Å². The number of amides is 3. The van der Waals surface area contributed by atoms with Crippen LogP contribution in [0.4, 0.5) is 0 Å². The first-order valence-electron chi connectivity index (χ1n) is 14.4. The molecule has 3 rings (SSSR count). The maximum Gasteiger partial charge on any atom is 0.243 e. The van der Waals surface area contributed by atoms with Gasteiger partial charge in [-0.2, -0.15) is 0 Å². The Kier molecular flexibility index (Phi) is 11.7. The highest BCUT2D eigenvalue weighted by atomic mass is 16.6. The Bertz CT molecular complexity index is 1000. The number of carbonyl (C=O) groups is 4. The number of ketones is 1. The Hall–Kier alpha value is -2.82. The number of ether oxygens (including phenoxy) is 2. The number of rotatable bonds is 15. The summed E-state index contributed by atoms with van der Waals surface area (Å²) in [6, 6.07) is 6.94. The quantitative estimate of drug-likeness (QED) is 0.278. The van der Waals surface area contributed by atoms with Crippen LogP contribution < -0.4 is 16.0 Å². The molecule has 0 radical (unpaired) electrons. The van der Waals surface area contributed by atoms with E-state index in [1.807, 2.05) is 62.9 Å². The molecule has 40 heavy (non-hydrogen) atoms. The number of nitrogens with one attached hydrogen (secondary N) is 3. The largest absolute Gasteiger partial charge is 0.379 e. The first-order valence-corrected chi connectivity index (χ1v) is 14.4. The number of hydrogen-bond donors (Lipinski definition) is 3. The topological polar surface area (TPSA) is 129 Å². The summed E-state index contributed by atoms with van der Waals surface area (Å²) in [5.74, 6) is -0.976. The van der Waals surface area contributed by atoms with Crippen molar-refractivity contribution in [1.29, 1.82) is 0 Å². The first-order chi connectivity index (χ1) is 19.0. The van der Waals surface area contributed by atoms with Crippen LogP contribution in [0.15, 0.2) is 30.3 Å². The minimum Gasteiger partial charge on any atom is -0.379 e. The van der Waals surface area contributed by atoms with Gasteiger partial charge in [-0.25, -0.2) is 0 Å². The van der Waals surface area contributed by atoms with Gasteiger partial charge in [-0.3, -0.25) is 24.1 Å². The zero-order chi connectivity index (χ0) is 29.3. The van der Waals surface area contributed by atoms with Crippen LogP contribution in [0.5, 0.6) is 0 Å². The predicted octanol–water partition coefficient (Wildman–Crippen LogP) is 1.47. The highest BCUT2D eigenvalue weighted by Crippen LogP contribution is 2.29. The fourth-order valence-electron chi connectivity index (χ4n) is 4.83. The Morgan fingerprint density at radius 2 is 1.40 bits per heavy atom. The van der Waals surface area contributed by atoms with Gasteiger partial charge in [-0.15, -0.1) is 0 Å². The minimum absolute atomic E-state index is 0.133. The molecule has 2 heterocycles. The van der Waals surface area contributed by atoms with Crippen molar-refractivity contribution in [1.82, 2.24) is 20.9 Å². The number of nitrogens with zero attached hydrogens (tertiary/aromatic N) is 1. The maximum absolute atomic E-state index is 13.6. The maximum atomic E-state index is 13.6. The Morgan fingerprint density at radius 3 is 1.98 bits per heavy atom. The first kappa shape index (κ1) is 31.7. The second kappa shape index (κ2) is 14.7. The van der Waals surface area contributed by atoms with Gasteiger partial charge in [0.15, 0.2) is 5.78 Å². The molecular formula is C30H46N4O6. The molecule has 222 valence electrons. The number of carbonyl (C=O) groups excluding carboxylic acids is 4. The van der Waals surface area contributed by atoms with E-state index in [1.165, 1.54) is 0 Å². The van der Waals surface area contributed by atoms with E-state index in [1.54, 1.807) is 6.92 Å². The van der Waals surface area contributed by atoms with Crippen molar-refractivity contribution < 1.29 is 28.7 Å². The molecule has 0 bridgehead atoms. The van der Waals surface area contributed by atoms with E-state index < -0.39 is 35.5 Å². The lowest BCUT2D eigenvalue weighted by Gasteiger charge is -2.28. The second-order valence-electron chi connectivity index (χ2n) is 12.0. The summed E-state index contributed by atoms with van der Waals surface area (Å²) < 4.78 is 10.7. The van der Waals surface area contributed by atoms with Gasteiger partial charge in [0, 0.05) is 19.5 Å². The molecular weight excluding hydrogens is 512 g/mol. The molecule has 10 heteroatoms. The van der Waals surface area contributed by atoms with Crippen molar-refractivity contribution in [3.05, 3.63) is 35.9 Å². The van der Waals surface area contributed by atoms with Crippen molar-refractivity contribution in [2.75, 3.05) is 39.5 Å². The number of Topliss-reactive ketones (excluding diaryl/α,β-unsaturated/α-hetero) is 1. The monoisotopic (exact) mass is 558 g/mol. The molecule has 4 unspecified atom stereocenters. The molecule has 1 aromatic carbocycles. The highest BCUT2D eigenvalue weighted by Gasteiger charge is 2.50. The van der Waals surface area contributed by atoms with E-state index in [2.05, 4.69) is 16.0 Å². The zero-order valence-corrected chi connectivity index (χ0v) is 24.5. The van der Waals surface area contributed by atoms with Gasteiger partial charge in [-0.05, 0) is 37.2 Å². The van der Waals surface area contributed by atoms with Crippen molar-refractivity contribution in [3.63, 3.8) is 0 Å². The summed E-state index contributed by atoms with van der Waals surface area (Å²) >= 11 is 0. The van der Waals surface area contributed by atoms with Gasteiger partial charge >= 0.3 is 0 Å². The molecule has 1 aromatic rings. The van der Waals surface area contributed by atoms with Crippen LogP contribution in [0.1, 0.15) is 53.0 Å². The van der Waals surface area contributed by atoms with Crippen LogP contribution in [-0.4, -0.2) is 91.6 Å². The average molecular weight is 559 g/mol. The standard InChI is InChI=1S/C30H46N4O6/c1-20(2)15-23(27(36)30(5)19-40-30)32-29(38)25(17-22-9-7-6-8-10-22)33-28(37)24(16-21(3)4)31-26(35)18-34-11-13-39-14-12-34/h6-10,20-21,23-25H,11-19H2,1-5H3,(H,31,35)(H,32,38)(H,33,37). The smallest absolute Gasteiger partial charge is 0.243 e. The fourth-order valence-corrected chi connectivity index (χ4v) is 4.83. The molecule has 3 N–H and O–H groups in total. The van der Waals surface area contributed by atoms with E-state index in [-0.39, 0.29) is 36.5 Å². The fraction of sp³-hybridized carbons (Fsp3) is 0.667. The summed E-state index contributed by atoms with van der Waals surface area (Å²) in [7, 11) is 0. The van der Waals surface area contributed by atoms with E-state index in [9.17, 15) is 19.2 Å². The van der Waals surface area contributed by atoms with Crippen LogP contribution in [0, 0.1) is 11.8 Å². The van der Waals surface area contributed by atoms with Crippen LogP contribution in [0.3, 0.4) is 0 Å². The normalized spacial score (nSPS) is 21.4. The van der Waals surface area contributed by atoms with Crippen LogP contribution in [0.25, 0.3) is 0 Å². The summed E-state index contributed by atoms with van der Waals surface area (Å²) in [4.78, 5) is 55.1. The number of morpholine rings is 1. The van der Waals surface area contributed by atoms with Crippen molar-refractivity contribution in [2.45, 2.75) is 77.6 Å². The average Bonchev–Trinajstić information content (AvgIpc) is 3.66. The Labute approximate surface area is 237 Å². The molecule has 4 atom stereocenters. The lowest BCUT2D eigenvalue weighted by Crippen LogP contribution is -2.58. The Morgan fingerprint density at radius 1 is 0.850 bits per heavy atom. The lowest BCUT2D eigenvalue weighted by molar-refractivity contribution is -0.134. The summed E-state index contributed by atoms with van der Waals surface area (Å²) in [5.41, 5.74) is -0.0121. The molecule has 0 saturated carbocycles. The van der Waals surface area contributed by atoms with Crippen molar-refractivity contribution in [3.8, 4) is 0 Å². The number of benzene rings is 1. The molecule has 0 aliphatic carbocycles. The van der Waals surface area contributed by atoms with Crippen LogP contribution in [-0.2, 0) is 35.1 Å². The molecule has 2 aliphatic heterocycles. The number of hydrogen-bond acceptors (Lipinski definition) is 7. The summed E-state index contributed by atoms with van der Waals surface area (Å²) in [6.45, 7) is 12.6. The van der Waals surface area contributed by atoms with Gasteiger partial charge in [-0.1, -0.05) is 58.0 Å². The van der Waals surface area contributed by atoms with Gasteiger partial charge in [0.05, 0.1) is 32.4 Å². The summed E-state index contributed by atoms with van der Waals surface area (Å²) in [6.07, 6.45) is 1.12. The lowest BCUT2D eigenvalue weighted by atomic mass is 9.93. The second-order valence-corrected chi connectivity index (χ2v) is 12.0. The molecule has 0 spiro atoms. The predicted molar refractivity (Wildman–Crippen MR) is 151 cm³/mol. The van der Waals surface area contributed by atoms with E-state index >= 15 is 0 Å². The number of epoxide rings is 1. The van der Waals surface area contributed by atoms with Crippen molar-refractivity contribution >= 4 is 23.5 Å². The third kappa shape index (κ3) is 9.98. The molecule has 10 nitrogen and oxygen atoms in total. The minimum atomic E-state index is -0.934. The molecule has 2 saturated heterocycles. The third-order valence-electron chi connectivity index (χ3n) is 7.18. The highest BCUT2D eigenvalue weighted by molar-refractivity contribution is 5.98.